The Labute approximate surface area is 212 Å². The minimum Gasteiger partial charge on any atom is -0.455 e. The van der Waals surface area contributed by atoms with Crippen molar-refractivity contribution in [3.8, 4) is 17.3 Å². The van der Waals surface area contributed by atoms with Crippen molar-refractivity contribution in [3.05, 3.63) is 120 Å². The average molecular weight is 481 g/mol. The summed E-state index contributed by atoms with van der Waals surface area (Å²) in [5.41, 5.74) is 6.68. The van der Waals surface area contributed by atoms with Crippen molar-refractivity contribution < 1.29 is 9.21 Å². The number of carbonyl (C=O) groups is 1. The number of hydrogen-bond acceptors (Lipinski definition) is 5. The molecular weight excluding hydrogens is 460 g/mol. The Morgan fingerprint density at radius 3 is 2.43 bits per heavy atom. The van der Waals surface area contributed by atoms with Gasteiger partial charge in [0.1, 0.15) is 11.2 Å². The fourth-order valence-electron chi connectivity index (χ4n) is 4.34. The number of rotatable bonds is 5. The maximum atomic E-state index is 12.5. The van der Waals surface area contributed by atoms with Gasteiger partial charge in [0.05, 0.1) is 17.3 Å². The smallest absolute Gasteiger partial charge is 0.255 e. The van der Waals surface area contributed by atoms with Gasteiger partial charge >= 0.3 is 0 Å². The van der Waals surface area contributed by atoms with E-state index in [0.717, 1.165) is 44.6 Å². The van der Waals surface area contributed by atoms with Gasteiger partial charge in [-0.1, -0.05) is 36.4 Å². The quantitative estimate of drug-likeness (QED) is 0.266. The van der Waals surface area contributed by atoms with Crippen LogP contribution in [-0.2, 0) is 0 Å². The molecule has 4 aromatic carbocycles. The second-order valence-electron chi connectivity index (χ2n) is 8.56. The molecular formula is C31H20N4O2. The second kappa shape index (κ2) is 9.33. The van der Waals surface area contributed by atoms with Crippen molar-refractivity contribution in [3.63, 3.8) is 0 Å². The molecule has 0 fully saturated rings. The highest BCUT2D eigenvalue weighted by Crippen LogP contribution is 2.35. The molecule has 6 nitrogen and oxygen atoms in total. The molecule has 0 spiro atoms. The first-order chi connectivity index (χ1) is 18.2. The van der Waals surface area contributed by atoms with Gasteiger partial charge in [-0.3, -0.25) is 9.78 Å². The standard InChI is InChI=1S/C31H20N4O2/c32-19-20-5-3-6-21(17-20)31(36)35-23-13-11-22(12-14-23)34-24-15-16-33-28(18-24)27-9-4-8-26-25-7-1-2-10-29(25)37-30(26)27/h1-18H,(H,33,34)(H,35,36). The van der Waals surface area contributed by atoms with Crippen LogP contribution < -0.4 is 10.6 Å². The summed E-state index contributed by atoms with van der Waals surface area (Å²) in [5, 5.41) is 17.4. The molecule has 0 unspecified atom stereocenters. The molecule has 176 valence electrons. The molecule has 0 saturated heterocycles. The Balaban J connectivity index is 1.22. The van der Waals surface area contributed by atoms with Crippen LogP contribution in [0.15, 0.2) is 114 Å². The van der Waals surface area contributed by atoms with Crippen LogP contribution >= 0.6 is 0 Å². The van der Waals surface area contributed by atoms with Crippen molar-refractivity contribution in [1.29, 1.82) is 5.26 Å². The SMILES string of the molecule is N#Cc1cccc(C(=O)Nc2ccc(Nc3ccnc(-c4cccc5c4oc4ccccc45)c3)cc2)c1. The van der Waals surface area contributed by atoms with E-state index >= 15 is 0 Å². The fourth-order valence-corrected chi connectivity index (χ4v) is 4.34. The summed E-state index contributed by atoms with van der Waals surface area (Å²) in [5.74, 6) is -0.267. The van der Waals surface area contributed by atoms with E-state index in [0.29, 0.717) is 16.8 Å². The number of anilines is 3. The molecule has 2 aromatic heterocycles. The summed E-state index contributed by atoms with van der Waals surface area (Å²) < 4.78 is 6.18. The number of nitriles is 1. The van der Waals surface area contributed by atoms with Gasteiger partial charge in [-0.25, -0.2) is 0 Å². The van der Waals surface area contributed by atoms with Gasteiger partial charge in [0.15, 0.2) is 0 Å². The van der Waals surface area contributed by atoms with E-state index in [1.165, 1.54) is 0 Å². The van der Waals surface area contributed by atoms with Gasteiger partial charge in [0.2, 0.25) is 0 Å². The first-order valence-corrected chi connectivity index (χ1v) is 11.7. The second-order valence-corrected chi connectivity index (χ2v) is 8.56. The number of carbonyl (C=O) groups excluding carboxylic acids is 1. The van der Waals surface area contributed by atoms with Gasteiger partial charge in [0, 0.05) is 45.2 Å². The lowest BCUT2D eigenvalue weighted by molar-refractivity contribution is 0.102. The molecule has 0 atom stereocenters. The monoisotopic (exact) mass is 480 g/mol. The zero-order valence-corrected chi connectivity index (χ0v) is 19.6. The van der Waals surface area contributed by atoms with Crippen LogP contribution in [-0.4, -0.2) is 10.9 Å². The number of furan rings is 1. The molecule has 1 amide bonds. The molecule has 0 aliphatic carbocycles. The number of benzene rings is 4. The Hall–Kier alpha value is -5.41. The Bertz CT molecular complexity index is 1810. The van der Waals surface area contributed by atoms with Crippen molar-refractivity contribution in [1.82, 2.24) is 4.98 Å². The number of nitrogens with zero attached hydrogens (tertiary/aromatic N) is 2. The number of aromatic nitrogens is 1. The molecule has 0 bridgehead atoms. The molecule has 0 aliphatic rings. The molecule has 6 heteroatoms. The molecule has 0 saturated carbocycles. The number of hydrogen-bond donors (Lipinski definition) is 2. The van der Waals surface area contributed by atoms with E-state index in [9.17, 15) is 4.79 Å². The number of nitrogens with one attached hydrogen (secondary N) is 2. The van der Waals surface area contributed by atoms with E-state index in [1.54, 1.807) is 30.5 Å². The van der Waals surface area contributed by atoms with Crippen LogP contribution in [0.3, 0.4) is 0 Å². The Morgan fingerprint density at radius 2 is 1.57 bits per heavy atom. The highest BCUT2D eigenvalue weighted by atomic mass is 16.3. The first kappa shape index (κ1) is 22.1. The predicted octanol–water partition coefficient (Wildman–Crippen LogP) is 7.52. The maximum Gasteiger partial charge on any atom is 0.255 e. The zero-order valence-electron chi connectivity index (χ0n) is 19.6. The zero-order chi connectivity index (χ0) is 25.2. The number of para-hydroxylation sites is 2. The number of amides is 1. The lowest BCUT2D eigenvalue weighted by atomic mass is 10.1. The predicted molar refractivity (Wildman–Crippen MR) is 146 cm³/mol. The Morgan fingerprint density at radius 1 is 0.784 bits per heavy atom. The largest absolute Gasteiger partial charge is 0.455 e. The highest BCUT2D eigenvalue weighted by Gasteiger charge is 2.13. The van der Waals surface area contributed by atoms with Crippen LogP contribution in [0.4, 0.5) is 17.1 Å². The minimum atomic E-state index is -0.267. The molecule has 6 aromatic rings. The lowest BCUT2D eigenvalue weighted by Crippen LogP contribution is -2.11. The van der Waals surface area contributed by atoms with Gasteiger partial charge in [-0.05, 0) is 66.7 Å². The highest BCUT2D eigenvalue weighted by molar-refractivity contribution is 6.09. The summed E-state index contributed by atoms with van der Waals surface area (Å²) in [6.07, 6.45) is 1.77. The van der Waals surface area contributed by atoms with E-state index in [-0.39, 0.29) is 5.91 Å². The minimum absolute atomic E-state index is 0.267. The summed E-state index contributed by atoms with van der Waals surface area (Å²) in [4.78, 5) is 17.1. The van der Waals surface area contributed by atoms with Gasteiger partial charge in [0.25, 0.3) is 5.91 Å². The number of fused-ring (bicyclic) bond motifs is 3. The Kier molecular flexibility index (Phi) is 5.57. The van der Waals surface area contributed by atoms with Crippen molar-refractivity contribution in [2.24, 2.45) is 0 Å². The van der Waals surface area contributed by atoms with Crippen molar-refractivity contribution in [2.45, 2.75) is 0 Å². The first-order valence-electron chi connectivity index (χ1n) is 11.7. The normalized spacial score (nSPS) is 10.8. The number of pyridine rings is 1. The van der Waals surface area contributed by atoms with Crippen LogP contribution in [0, 0.1) is 11.3 Å². The van der Waals surface area contributed by atoms with E-state index in [4.69, 9.17) is 9.68 Å². The van der Waals surface area contributed by atoms with Crippen LogP contribution in [0.5, 0.6) is 0 Å². The molecule has 6 rings (SSSR count). The van der Waals surface area contributed by atoms with Gasteiger partial charge < -0.3 is 15.1 Å². The molecule has 2 heterocycles. The summed E-state index contributed by atoms with van der Waals surface area (Å²) in [7, 11) is 0. The lowest BCUT2D eigenvalue weighted by Gasteiger charge is -2.10. The summed E-state index contributed by atoms with van der Waals surface area (Å²) in [6, 6.07) is 34.1. The molecule has 0 radical (unpaired) electrons. The fraction of sp³-hybridized carbons (Fsp3) is 0. The van der Waals surface area contributed by atoms with Crippen LogP contribution in [0.1, 0.15) is 15.9 Å². The third-order valence-electron chi connectivity index (χ3n) is 6.13. The molecule has 2 N–H and O–H groups in total. The average Bonchev–Trinajstić information content (AvgIpc) is 3.33. The van der Waals surface area contributed by atoms with Crippen LogP contribution in [0.2, 0.25) is 0 Å². The third-order valence-corrected chi connectivity index (χ3v) is 6.13. The molecule has 0 aliphatic heterocycles. The van der Waals surface area contributed by atoms with E-state index in [2.05, 4.69) is 27.8 Å². The van der Waals surface area contributed by atoms with E-state index < -0.39 is 0 Å². The molecule has 37 heavy (non-hydrogen) atoms. The van der Waals surface area contributed by atoms with Gasteiger partial charge in [-0.2, -0.15) is 5.26 Å². The topological polar surface area (TPSA) is 91.0 Å². The summed E-state index contributed by atoms with van der Waals surface area (Å²) in [6.45, 7) is 0. The van der Waals surface area contributed by atoms with Crippen LogP contribution in [0.25, 0.3) is 33.2 Å². The van der Waals surface area contributed by atoms with Crippen molar-refractivity contribution in [2.75, 3.05) is 10.6 Å². The van der Waals surface area contributed by atoms with Gasteiger partial charge in [-0.15, -0.1) is 0 Å². The van der Waals surface area contributed by atoms with Crippen molar-refractivity contribution >= 4 is 44.9 Å². The maximum absolute atomic E-state index is 12.5. The van der Waals surface area contributed by atoms with E-state index in [1.807, 2.05) is 72.8 Å². The summed E-state index contributed by atoms with van der Waals surface area (Å²) >= 11 is 0. The third kappa shape index (κ3) is 4.38.